The zero-order chi connectivity index (χ0) is 15.2. The molecule has 1 aromatic carbocycles. The Hall–Kier alpha value is -1.93. The minimum Gasteiger partial charge on any atom is -0.492 e. The number of rotatable bonds is 4. The van der Waals surface area contributed by atoms with Gasteiger partial charge in [0.1, 0.15) is 11.8 Å². The van der Waals surface area contributed by atoms with Crippen LogP contribution in [-0.2, 0) is 0 Å². The first kappa shape index (κ1) is 15.5. The van der Waals surface area contributed by atoms with Gasteiger partial charge in [0.25, 0.3) is 0 Å². The summed E-state index contributed by atoms with van der Waals surface area (Å²) < 4.78 is 5.65. The summed E-state index contributed by atoms with van der Waals surface area (Å²) in [6, 6.07) is 7.05. The van der Waals surface area contributed by atoms with Crippen molar-refractivity contribution in [2.24, 2.45) is 5.92 Å². The Morgan fingerprint density at radius 1 is 1.48 bits per heavy atom. The molecule has 6 heteroatoms. The molecule has 0 unspecified atom stereocenters. The number of ether oxygens (including phenoxy) is 1. The number of nitrogens with zero attached hydrogens (tertiary/aromatic N) is 2. The number of nitriles is 1. The van der Waals surface area contributed by atoms with Gasteiger partial charge in [-0.1, -0.05) is 11.6 Å². The Morgan fingerprint density at radius 2 is 2.19 bits per heavy atom. The molecule has 1 amide bonds. The Morgan fingerprint density at radius 3 is 2.81 bits per heavy atom. The van der Waals surface area contributed by atoms with Gasteiger partial charge in [0.2, 0.25) is 0 Å². The third-order valence-electron chi connectivity index (χ3n) is 3.73. The van der Waals surface area contributed by atoms with Crippen LogP contribution in [0.25, 0.3) is 0 Å². The first-order valence-electron chi connectivity index (χ1n) is 6.90. The highest BCUT2D eigenvalue weighted by molar-refractivity contribution is 6.30. The lowest BCUT2D eigenvalue weighted by molar-refractivity contribution is 0.119. The van der Waals surface area contributed by atoms with Crippen molar-refractivity contribution in [3.63, 3.8) is 0 Å². The number of likely N-dealkylation sites (tertiary alicyclic amines) is 1. The number of carbonyl (C=O) groups is 1. The molecule has 2 rings (SSSR count). The normalized spacial score (nSPS) is 15.5. The van der Waals surface area contributed by atoms with E-state index in [2.05, 4.69) is 6.07 Å². The van der Waals surface area contributed by atoms with Gasteiger partial charge in [0, 0.05) is 18.1 Å². The van der Waals surface area contributed by atoms with Gasteiger partial charge in [-0.05, 0) is 43.4 Å². The minimum absolute atomic E-state index is 0.434. The summed E-state index contributed by atoms with van der Waals surface area (Å²) in [5, 5.41) is 18.4. The average Bonchev–Trinajstić information content (AvgIpc) is 2.49. The van der Waals surface area contributed by atoms with Crippen molar-refractivity contribution in [1.29, 1.82) is 5.26 Å². The van der Waals surface area contributed by atoms with Gasteiger partial charge in [-0.25, -0.2) is 4.79 Å². The number of amides is 1. The van der Waals surface area contributed by atoms with E-state index in [9.17, 15) is 4.79 Å². The summed E-state index contributed by atoms with van der Waals surface area (Å²) in [5.41, 5.74) is 0.434. The van der Waals surface area contributed by atoms with Crippen LogP contribution in [0.4, 0.5) is 4.79 Å². The lowest BCUT2D eigenvalue weighted by atomic mass is 9.94. The lowest BCUT2D eigenvalue weighted by Crippen LogP contribution is -2.37. The smallest absolute Gasteiger partial charge is 0.407 e. The molecule has 1 heterocycles. The molecule has 112 valence electrons. The molecule has 21 heavy (non-hydrogen) atoms. The molecule has 0 spiro atoms. The van der Waals surface area contributed by atoms with Crippen molar-refractivity contribution in [3.8, 4) is 11.8 Å². The largest absolute Gasteiger partial charge is 0.492 e. The lowest BCUT2D eigenvalue weighted by Gasteiger charge is -2.29. The second-order valence-electron chi connectivity index (χ2n) is 5.10. The summed E-state index contributed by atoms with van der Waals surface area (Å²) in [6.45, 7) is 1.70. The van der Waals surface area contributed by atoms with E-state index in [0.29, 0.717) is 41.9 Å². The third-order valence-corrected chi connectivity index (χ3v) is 3.97. The van der Waals surface area contributed by atoms with Crippen LogP contribution in [0.2, 0.25) is 5.02 Å². The molecule has 1 fully saturated rings. The van der Waals surface area contributed by atoms with Gasteiger partial charge >= 0.3 is 6.09 Å². The topological polar surface area (TPSA) is 73.6 Å². The first-order chi connectivity index (χ1) is 10.1. The number of benzene rings is 1. The molecule has 1 N–H and O–H groups in total. The quantitative estimate of drug-likeness (QED) is 0.925. The average molecular weight is 309 g/mol. The maximum atomic E-state index is 10.8. The van der Waals surface area contributed by atoms with Gasteiger partial charge in [0.15, 0.2) is 0 Å². The second kappa shape index (κ2) is 7.19. The van der Waals surface area contributed by atoms with E-state index in [1.165, 1.54) is 4.90 Å². The minimum atomic E-state index is -0.843. The molecule has 0 aliphatic carbocycles. The summed E-state index contributed by atoms with van der Waals surface area (Å²) >= 11 is 5.83. The van der Waals surface area contributed by atoms with E-state index in [1.807, 2.05) is 0 Å². The van der Waals surface area contributed by atoms with Crippen LogP contribution >= 0.6 is 11.6 Å². The van der Waals surface area contributed by atoms with Crippen molar-refractivity contribution in [1.82, 2.24) is 4.90 Å². The van der Waals surface area contributed by atoms with E-state index in [0.717, 1.165) is 19.3 Å². The molecular formula is C15H17ClN2O3. The number of piperidine rings is 1. The van der Waals surface area contributed by atoms with Crippen molar-refractivity contribution < 1.29 is 14.6 Å². The first-order valence-corrected chi connectivity index (χ1v) is 7.28. The second-order valence-corrected chi connectivity index (χ2v) is 5.54. The number of hydrogen-bond donors (Lipinski definition) is 1. The van der Waals surface area contributed by atoms with Gasteiger partial charge in [-0.3, -0.25) is 0 Å². The Bertz CT molecular complexity index is 548. The van der Waals surface area contributed by atoms with E-state index in [-0.39, 0.29) is 0 Å². The number of carboxylic acid groups (broad SMARTS) is 1. The molecule has 5 nitrogen and oxygen atoms in total. The Balaban J connectivity index is 1.78. The van der Waals surface area contributed by atoms with Crippen molar-refractivity contribution in [2.75, 3.05) is 19.7 Å². The van der Waals surface area contributed by atoms with Crippen molar-refractivity contribution in [3.05, 3.63) is 28.8 Å². The highest BCUT2D eigenvalue weighted by atomic mass is 35.5. The van der Waals surface area contributed by atoms with Crippen LogP contribution in [0.3, 0.4) is 0 Å². The third kappa shape index (κ3) is 4.27. The van der Waals surface area contributed by atoms with Gasteiger partial charge in [-0.15, -0.1) is 0 Å². The maximum Gasteiger partial charge on any atom is 0.407 e. The van der Waals surface area contributed by atoms with E-state index in [4.69, 9.17) is 26.7 Å². The van der Waals surface area contributed by atoms with Gasteiger partial charge in [-0.2, -0.15) is 5.26 Å². The van der Waals surface area contributed by atoms with E-state index >= 15 is 0 Å². The number of hydrogen-bond acceptors (Lipinski definition) is 3. The molecule has 0 aromatic heterocycles. The maximum absolute atomic E-state index is 10.8. The number of halogens is 1. The van der Waals surface area contributed by atoms with Crippen molar-refractivity contribution >= 4 is 17.7 Å². The zero-order valence-electron chi connectivity index (χ0n) is 11.6. The van der Waals surface area contributed by atoms with E-state index in [1.54, 1.807) is 18.2 Å². The molecule has 1 saturated heterocycles. The zero-order valence-corrected chi connectivity index (χ0v) is 12.3. The predicted octanol–water partition coefficient (Wildman–Crippen LogP) is 3.37. The van der Waals surface area contributed by atoms with Crippen LogP contribution in [0, 0.1) is 17.2 Å². The highest BCUT2D eigenvalue weighted by Gasteiger charge is 2.22. The van der Waals surface area contributed by atoms with Crippen LogP contribution in [-0.4, -0.2) is 35.8 Å². The standard InChI is InChI=1S/C15H17ClN2O3/c16-13-1-2-14(12(9-13)10-17)21-8-5-11-3-6-18(7-4-11)15(19)20/h1-2,9,11H,3-8H2,(H,19,20). The van der Waals surface area contributed by atoms with Crippen LogP contribution in [0.15, 0.2) is 18.2 Å². The fourth-order valence-corrected chi connectivity index (χ4v) is 2.64. The molecule has 1 aliphatic heterocycles. The monoisotopic (exact) mass is 308 g/mol. The summed E-state index contributed by atoms with van der Waals surface area (Å²) in [4.78, 5) is 12.3. The van der Waals surface area contributed by atoms with Crippen LogP contribution < -0.4 is 4.74 Å². The molecule has 0 atom stereocenters. The Kier molecular flexibility index (Phi) is 5.29. The SMILES string of the molecule is N#Cc1cc(Cl)ccc1OCCC1CCN(C(=O)O)CC1. The fraction of sp³-hybridized carbons (Fsp3) is 0.467. The van der Waals surface area contributed by atoms with E-state index < -0.39 is 6.09 Å². The molecule has 0 saturated carbocycles. The van der Waals surface area contributed by atoms with Crippen molar-refractivity contribution in [2.45, 2.75) is 19.3 Å². The Labute approximate surface area is 128 Å². The van der Waals surface area contributed by atoms with Gasteiger partial charge < -0.3 is 14.7 Å². The van der Waals surface area contributed by atoms with Crippen LogP contribution in [0.5, 0.6) is 5.75 Å². The summed E-state index contributed by atoms with van der Waals surface area (Å²) in [7, 11) is 0. The molecule has 0 radical (unpaired) electrons. The highest BCUT2D eigenvalue weighted by Crippen LogP contribution is 2.24. The molecule has 1 aromatic rings. The summed E-state index contributed by atoms with van der Waals surface area (Å²) in [6.07, 6.45) is 1.74. The predicted molar refractivity (Wildman–Crippen MR) is 78.6 cm³/mol. The van der Waals surface area contributed by atoms with Crippen LogP contribution in [0.1, 0.15) is 24.8 Å². The van der Waals surface area contributed by atoms with Gasteiger partial charge in [0.05, 0.1) is 12.2 Å². The molecule has 1 aliphatic rings. The molecule has 0 bridgehead atoms. The molecular weight excluding hydrogens is 292 g/mol. The fourth-order valence-electron chi connectivity index (χ4n) is 2.46. The summed E-state index contributed by atoms with van der Waals surface area (Å²) in [5.74, 6) is 1.02.